The van der Waals surface area contributed by atoms with Crippen LogP contribution in [0, 0.1) is 6.92 Å². The molecule has 7 nitrogen and oxygen atoms in total. The Morgan fingerprint density at radius 3 is 2.37 bits per heavy atom. The van der Waals surface area contributed by atoms with Crippen LogP contribution in [0.4, 0.5) is 16.2 Å². The van der Waals surface area contributed by atoms with E-state index < -0.39 is 0 Å². The molecule has 4 rings (SSSR count). The maximum Gasteiger partial charge on any atom is 0.321 e. The molecule has 0 atom stereocenters. The van der Waals surface area contributed by atoms with E-state index in [4.69, 9.17) is 4.52 Å². The number of hydrogen-bond acceptors (Lipinski definition) is 5. The molecule has 0 aliphatic carbocycles. The van der Waals surface area contributed by atoms with Gasteiger partial charge in [-0.1, -0.05) is 37.2 Å². The Hall–Kier alpha value is -3.35. The molecule has 2 heterocycles. The molecule has 0 spiro atoms. The molecular weight excluding hydrogens is 378 g/mol. The Kier molecular flexibility index (Phi) is 5.70. The average molecular weight is 406 g/mol. The van der Waals surface area contributed by atoms with Gasteiger partial charge in [-0.25, -0.2) is 4.79 Å². The first-order chi connectivity index (χ1) is 14.5. The maximum absolute atomic E-state index is 12.6. The number of hydrogen-bond donors (Lipinski definition) is 1. The Morgan fingerprint density at radius 1 is 1.03 bits per heavy atom. The highest BCUT2D eigenvalue weighted by atomic mass is 16.5. The Labute approximate surface area is 176 Å². The molecule has 7 heteroatoms. The first-order valence-corrected chi connectivity index (χ1v) is 10.3. The van der Waals surface area contributed by atoms with Gasteiger partial charge in [-0.15, -0.1) is 0 Å². The van der Waals surface area contributed by atoms with E-state index in [0.29, 0.717) is 24.8 Å². The van der Waals surface area contributed by atoms with Gasteiger partial charge in [0.2, 0.25) is 11.7 Å². The smallest absolute Gasteiger partial charge is 0.321 e. The maximum atomic E-state index is 12.6. The number of rotatable bonds is 4. The van der Waals surface area contributed by atoms with Crippen LogP contribution < -0.4 is 10.2 Å². The number of carbonyl (C=O) groups excluding carboxylic acids is 1. The number of benzene rings is 2. The van der Waals surface area contributed by atoms with Gasteiger partial charge in [-0.05, 0) is 42.8 Å². The number of amides is 2. The van der Waals surface area contributed by atoms with Crippen LogP contribution in [0.1, 0.15) is 31.2 Å². The molecule has 0 bridgehead atoms. The van der Waals surface area contributed by atoms with Crippen molar-refractivity contribution in [1.82, 2.24) is 15.0 Å². The van der Waals surface area contributed by atoms with Crippen LogP contribution in [0.15, 0.2) is 53.1 Å². The van der Waals surface area contributed by atoms with Crippen molar-refractivity contribution in [1.29, 1.82) is 0 Å². The van der Waals surface area contributed by atoms with Crippen molar-refractivity contribution in [2.24, 2.45) is 0 Å². The molecule has 0 saturated carbocycles. The molecule has 1 N–H and O–H groups in total. The Bertz CT molecular complexity index is 1000. The van der Waals surface area contributed by atoms with Crippen LogP contribution in [0.2, 0.25) is 0 Å². The van der Waals surface area contributed by atoms with Crippen molar-refractivity contribution in [3.05, 3.63) is 60.0 Å². The predicted molar refractivity (Wildman–Crippen MR) is 118 cm³/mol. The standard InChI is InChI=1S/C23H27N5O2/c1-16(2)22-25-21(26-30-22)18-8-10-19(11-9-18)27-12-14-28(15-13-27)23(29)24-20-7-5-4-6-17(20)3/h4-11,16H,12-15H2,1-3H3,(H,24,29). The summed E-state index contributed by atoms with van der Waals surface area (Å²) >= 11 is 0. The largest absolute Gasteiger partial charge is 0.368 e. The fraction of sp³-hybridized carbons (Fsp3) is 0.348. The Morgan fingerprint density at radius 2 is 1.73 bits per heavy atom. The molecule has 3 aromatic rings. The van der Waals surface area contributed by atoms with Crippen molar-refractivity contribution in [3.63, 3.8) is 0 Å². The van der Waals surface area contributed by atoms with Crippen molar-refractivity contribution in [3.8, 4) is 11.4 Å². The highest BCUT2D eigenvalue weighted by Crippen LogP contribution is 2.24. The number of aromatic nitrogens is 2. The van der Waals surface area contributed by atoms with Crippen LogP contribution in [0.3, 0.4) is 0 Å². The van der Waals surface area contributed by atoms with Gasteiger partial charge in [0, 0.05) is 49.0 Å². The lowest BCUT2D eigenvalue weighted by Gasteiger charge is -2.36. The summed E-state index contributed by atoms with van der Waals surface area (Å²) in [5, 5.41) is 7.08. The summed E-state index contributed by atoms with van der Waals surface area (Å²) in [7, 11) is 0. The SMILES string of the molecule is Cc1ccccc1NC(=O)N1CCN(c2ccc(-c3noc(C(C)C)n3)cc2)CC1. The molecule has 2 aromatic carbocycles. The summed E-state index contributed by atoms with van der Waals surface area (Å²) in [6.07, 6.45) is 0. The van der Waals surface area contributed by atoms with Gasteiger partial charge in [0.1, 0.15) is 0 Å². The normalized spacial score (nSPS) is 14.3. The predicted octanol–water partition coefficient (Wildman–Crippen LogP) is 4.52. The average Bonchev–Trinajstić information content (AvgIpc) is 3.26. The number of carbonyl (C=O) groups is 1. The van der Waals surface area contributed by atoms with Gasteiger partial charge in [0.25, 0.3) is 0 Å². The first kappa shape index (κ1) is 19.9. The zero-order valence-electron chi connectivity index (χ0n) is 17.6. The summed E-state index contributed by atoms with van der Waals surface area (Å²) in [6, 6.07) is 16.0. The first-order valence-electron chi connectivity index (χ1n) is 10.3. The van der Waals surface area contributed by atoms with E-state index in [9.17, 15) is 4.79 Å². The third-order valence-electron chi connectivity index (χ3n) is 5.38. The number of aryl methyl sites for hydroxylation is 1. The third-order valence-corrected chi connectivity index (χ3v) is 5.38. The summed E-state index contributed by atoms with van der Waals surface area (Å²) in [6.45, 7) is 9.00. The van der Waals surface area contributed by atoms with Crippen LogP contribution in [0.25, 0.3) is 11.4 Å². The van der Waals surface area contributed by atoms with Crippen LogP contribution in [-0.4, -0.2) is 47.3 Å². The molecule has 156 valence electrons. The van der Waals surface area contributed by atoms with Gasteiger partial charge in [-0.2, -0.15) is 4.98 Å². The van der Waals surface area contributed by atoms with E-state index >= 15 is 0 Å². The molecule has 1 aliphatic heterocycles. The van der Waals surface area contributed by atoms with Gasteiger partial charge in [-0.3, -0.25) is 0 Å². The zero-order valence-corrected chi connectivity index (χ0v) is 17.6. The lowest BCUT2D eigenvalue weighted by atomic mass is 10.1. The molecule has 30 heavy (non-hydrogen) atoms. The third kappa shape index (κ3) is 4.30. The minimum Gasteiger partial charge on any atom is -0.368 e. The van der Waals surface area contributed by atoms with Crippen LogP contribution in [0.5, 0.6) is 0 Å². The van der Waals surface area contributed by atoms with Crippen LogP contribution in [-0.2, 0) is 0 Å². The topological polar surface area (TPSA) is 74.5 Å². The van der Waals surface area contributed by atoms with Gasteiger partial charge in [0.15, 0.2) is 0 Å². The molecular formula is C23H27N5O2. The van der Waals surface area contributed by atoms with E-state index in [0.717, 1.165) is 35.6 Å². The lowest BCUT2D eigenvalue weighted by Crippen LogP contribution is -2.50. The molecule has 1 saturated heterocycles. The number of nitrogens with zero attached hydrogens (tertiary/aromatic N) is 4. The number of urea groups is 1. The molecule has 0 unspecified atom stereocenters. The minimum atomic E-state index is -0.0441. The van der Waals surface area contributed by atoms with E-state index in [1.807, 2.05) is 62.1 Å². The van der Waals surface area contributed by atoms with E-state index in [-0.39, 0.29) is 11.9 Å². The fourth-order valence-electron chi connectivity index (χ4n) is 3.48. The summed E-state index contributed by atoms with van der Waals surface area (Å²) < 4.78 is 5.30. The molecule has 0 radical (unpaired) electrons. The quantitative estimate of drug-likeness (QED) is 0.691. The zero-order chi connectivity index (χ0) is 21.1. The molecule has 1 aromatic heterocycles. The minimum absolute atomic E-state index is 0.0441. The van der Waals surface area contributed by atoms with Crippen molar-refractivity contribution >= 4 is 17.4 Å². The second-order valence-corrected chi connectivity index (χ2v) is 7.88. The summed E-state index contributed by atoms with van der Waals surface area (Å²) in [4.78, 5) is 21.2. The van der Waals surface area contributed by atoms with Gasteiger partial charge >= 0.3 is 6.03 Å². The number of nitrogens with one attached hydrogen (secondary N) is 1. The highest BCUT2D eigenvalue weighted by Gasteiger charge is 2.22. The number of piperazine rings is 1. The lowest BCUT2D eigenvalue weighted by molar-refractivity contribution is 0.208. The van der Waals surface area contributed by atoms with Crippen molar-refractivity contribution in [2.45, 2.75) is 26.7 Å². The van der Waals surface area contributed by atoms with Crippen LogP contribution >= 0.6 is 0 Å². The fourth-order valence-corrected chi connectivity index (χ4v) is 3.48. The van der Waals surface area contributed by atoms with E-state index in [1.54, 1.807) is 0 Å². The molecule has 2 amide bonds. The van der Waals surface area contributed by atoms with Crippen molar-refractivity contribution in [2.75, 3.05) is 36.4 Å². The Balaban J connectivity index is 1.34. The molecule has 1 aliphatic rings. The van der Waals surface area contributed by atoms with E-state index in [1.165, 1.54) is 0 Å². The second kappa shape index (κ2) is 8.57. The van der Waals surface area contributed by atoms with Gasteiger partial charge in [0.05, 0.1) is 0 Å². The van der Waals surface area contributed by atoms with Crippen molar-refractivity contribution < 1.29 is 9.32 Å². The van der Waals surface area contributed by atoms with Gasteiger partial charge < -0.3 is 19.6 Å². The number of anilines is 2. The second-order valence-electron chi connectivity index (χ2n) is 7.88. The summed E-state index contributed by atoms with van der Waals surface area (Å²) in [5.74, 6) is 1.47. The summed E-state index contributed by atoms with van der Waals surface area (Å²) in [5.41, 5.74) is 3.99. The monoisotopic (exact) mass is 405 g/mol. The van der Waals surface area contributed by atoms with E-state index in [2.05, 4.69) is 32.5 Å². The molecule has 1 fully saturated rings. The number of para-hydroxylation sites is 1. The highest BCUT2D eigenvalue weighted by molar-refractivity contribution is 5.90.